The minimum absolute atomic E-state index is 0.109. The molecule has 1 amide bonds. The van der Waals surface area contributed by atoms with Gasteiger partial charge in [0.25, 0.3) is 11.5 Å². The van der Waals surface area contributed by atoms with Crippen LogP contribution < -0.4 is 11.0 Å². The number of carbonyl (C=O) groups is 2. The van der Waals surface area contributed by atoms with E-state index in [1.807, 2.05) is 13.0 Å². The van der Waals surface area contributed by atoms with E-state index in [9.17, 15) is 14.4 Å². The first kappa shape index (κ1) is 18.5. The third kappa shape index (κ3) is 3.79. The number of nitrogens with one attached hydrogen (secondary N) is 1. The zero-order valence-electron chi connectivity index (χ0n) is 15.1. The first-order valence-electron chi connectivity index (χ1n) is 8.74. The second kappa shape index (κ2) is 7.94. The van der Waals surface area contributed by atoms with Crippen molar-refractivity contribution in [2.45, 2.75) is 32.7 Å². The van der Waals surface area contributed by atoms with Crippen molar-refractivity contribution in [1.29, 1.82) is 0 Å². The maximum absolute atomic E-state index is 12.7. The van der Waals surface area contributed by atoms with Gasteiger partial charge in [-0.3, -0.25) is 14.2 Å². The number of hydrogen-bond donors (Lipinski definition) is 1. The summed E-state index contributed by atoms with van der Waals surface area (Å²) < 4.78 is 6.34. The van der Waals surface area contributed by atoms with Crippen molar-refractivity contribution in [1.82, 2.24) is 15.0 Å². The summed E-state index contributed by atoms with van der Waals surface area (Å²) in [5, 5.41) is 4.17. The van der Waals surface area contributed by atoms with E-state index in [2.05, 4.69) is 15.5 Å². The van der Waals surface area contributed by atoms with Gasteiger partial charge in [-0.05, 0) is 38.8 Å². The molecular weight excluding hydrogens is 348 g/mol. The normalized spacial score (nSPS) is 17.3. The number of fused-ring (bicyclic) bond motifs is 1. The van der Waals surface area contributed by atoms with Gasteiger partial charge >= 0.3 is 5.97 Å². The van der Waals surface area contributed by atoms with Crippen LogP contribution in [0.5, 0.6) is 0 Å². The maximum Gasteiger partial charge on any atom is 0.345 e. The summed E-state index contributed by atoms with van der Waals surface area (Å²) in [5.74, 6) is -0.696. The molecule has 2 heterocycles. The van der Waals surface area contributed by atoms with Crippen molar-refractivity contribution in [3.63, 3.8) is 0 Å². The van der Waals surface area contributed by atoms with Gasteiger partial charge in [-0.2, -0.15) is 5.10 Å². The molecule has 0 saturated heterocycles. The number of esters is 1. The molecule has 0 saturated carbocycles. The van der Waals surface area contributed by atoms with Gasteiger partial charge in [-0.1, -0.05) is 18.2 Å². The van der Waals surface area contributed by atoms with E-state index in [4.69, 9.17) is 4.74 Å². The molecule has 1 N–H and O–H groups in total. The average Bonchev–Trinajstić information content (AvgIpc) is 2.68. The molecule has 0 radical (unpaired) electrons. The number of nitrogens with zero attached hydrogens (tertiary/aromatic N) is 3. The standard InChI is InChI=1S/C19H20N4O4/c1-3-27-19(26)14-11-20-16-15(10-9-12(2)23(16)18(14)25)21-22-17(24)13-7-5-4-6-8-13/h4-8,11-12H,3,9-10H2,1-2H3,(H,22,24)/b21-15-. The highest BCUT2D eigenvalue weighted by Crippen LogP contribution is 2.21. The van der Waals surface area contributed by atoms with Crippen LogP contribution in [-0.2, 0) is 4.74 Å². The quantitative estimate of drug-likeness (QED) is 0.656. The van der Waals surface area contributed by atoms with Crippen molar-refractivity contribution in [3.05, 3.63) is 63.8 Å². The van der Waals surface area contributed by atoms with Gasteiger partial charge in [0, 0.05) is 17.8 Å². The van der Waals surface area contributed by atoms with E-state index in [-0.39, 0.29) is 24.1 Å². The molecule has 1 aromatic heterocycles. The van der Waals surface area contributed by atoms with Crippen molar-refractivity contribution >= 4 is 17.6 Å². The van der Waals surface area contributed by atoms with Gasteiger partial charge in [-0.25, -0.2) is 15.2 Å². The highest BCUT2D eigenvalue weighted by Gasteiger charge is 2.27. The summed E-state index contributed by atoms with van der Waals surface area (Å²) in [6, 6.07) is 8.56. The third-order valence-electron chi connectivity index (χ3n) is 4.31. The smallest absolute Gasteiger partial charge is 0.345 e. The summed E-state index contributed by atoms with van der Waals surface area (Å²) in [4.78, 5) is 41.1. The van der Waals surface area contributed by atoms with Crippen molar-refractivity contribution in [3.8, 4) is 0 Å². The summed E-state index contributed by atoms with van der Waals surface area (Å²) in [6.07, 6.45) is 2.40. The fourth-order valence-corrected chi connectivity index (χ4v) is 2.91. The van der Waals surface area contributed by atoms with E-state index >= 15 is 0 Å². The van der Waals surface area contributed by atoms with Crippen molar-refractivity contribution in [2.24, 2.45) is 5.10 Å². The number of carbonyl (C=O) groups excluding carboxylic acids is 2. The largest absolute Gasteiger partial charge is 0.462 e. The van der Waals surface area contributed by atoms with Crippen LogP contribution >= 0.6 is 0 Å². The molecule has 140 valence electrons. The monoisotopic (exact) mass is 368 g/mol. The zero-order valence-corrected chi connectivity index (χ0v) is 15.1. The van der Waals surface area contributed by atoms with Gasteiger partial charge in [-0.15, -0.1) is 0 Å². The minimum atomic E-state index is -0.695. The highest BCUT2D eigenvalue weighted by molar-refractivity contribution is 6.01. The predicted octanol–water partition coefficient (Wildman–Crippen LogP) is 1.91. The Morgan fingerprint density at radius 2 is 2.07 bits per heavy atom. The lowest BCUT2D eigenvalue weighted by Crippen LogP contribution is -2.38. The Balaban J connectivity index is 1.92. The van der Waals surface area contributed by atoms with E-state index in [1.165, 1.54) is 10.8 Å². The molecule has 0 bridgehead atoms. The third-order valence-corrected chi connectivity index (χ3v) is 4.31. The Labute approximate surface area is 155 Å². The zero-order chi connectivity index (χ0) is 19.4. The van der Waals surface area contributed by atoms with Crippen LogP contribution in [0.4, 0.5) is 0 Å². The first-order chi connectivity index (χ1) is 13.0. The molecule has 1 aliphatic heterocycles. The van der Waals surface area contributed by atoms with Crippen molar-refractivity contribution in [2.75, 3.05) is 6.61 Å². The summed E-state index contributed by atoms with van der Waals surface area (Å²) >= 11 is 0. The lowest BCUT2D eigenvalue weighted by Gasteiger charge is -2.25. The first-order valence-corrected chi connectivity index (χ1v) is 8.74. The van der Waals surface area contributed by atoms with Crippen LogP contribution in [0.15, 0.2) is 46.4 Å². The molecule has 0 fully saturated rings. The molecule has 1 aliphatic rings. The second-order valence-electron chi connectivity index (χ2n) is 6.14. The summed E-state index contributed by atoms with van der Waals surface area (Å²) in [5.41, 5.74) is 2.90. The molecule has 3 rings (SSSR count). The number of benzene rings is 1. The van der Waals surface area contributed by atoms with Gasteiger partial charge in [0.15, 0.2) is 5.82 Å². The van der Waals surface area contributed by atoms with Crippen LogP contribution in [0.25, 0.3) is 0 Å². The molecule has 1 aromatic carbocycles. The summed E-state index contributed by atoms with van der Waals surface area (Å²) in [7, 11) is 0. The molecule has 1 unspecified atom stereocenters. The molecule has 1 atom stereocenters. The number of ether oxygens (including phenoxy) is 1. The van der Waals surface area contributed by atoms with Gasteiger partial charge in [0.1, 0.15) is 11.3 Å². The molecule has 27 heavy (non-hydrogen) atoms. The lowest BCUT2D eigenvalue weighted by atomic mass is 10.0. The Morgan fingerprint density at radius 3 is 2.78 bits per heavy atom. The Hall–Kier alpha value is -3.29. The fourth-order valence-electron chi connectivity index (χ4n) is 2.91. The second-order valence-corrected chi connectivity index (χ2v) is 6.14. The highest BCUT2D eigenvalue weighted by atomic mass is 16.5. The lowest BCUT2D eigenvalue weighted by molar-refractivity contribution is 0.0522. The number of rotatable bonds is 4. The van der Waals surface area contributed by atoms with E-state index < -0.39 is 11.5 Å². The number of amides is 1. The minimum Gasteiger partial charge on any atom is -0.462 e. The van der Waals surface area contributed by atoms with Crippen molar-refractivity contribution < 1.29 is 14.3 Å². The maximum atomic E-state index is 12.7. The van der Waals surface area contributed by atoms with Crippen LogP contribution in [0, 0.1) is 0 Å². The van der Waals surface area contributed by atoms with Gasteiger partial charge in [0.05, 0.1) is 6.61 Å². The fraction of sp³-hybridized carbons (Fsp3) is 0.316. The molecule has 0 aliphatic carbocycles. The van der Waals surface area contributed by atoms with Crippen LogP contribution in [0.1, 0.15) is 59.3 Å². The summed E-state index contributed by atoms with van der Waals surface area (Å²) in [6.45, 7) is 3.72. The Kier molecular flexibility index (Phi) is 5.44. The van der Waals surface area contributed by atoms with Crippen LogP contribution in [0.2, 0.25) is 0 Å². The van der Waals surface area contributed by atoms with Gasteiger partial charge < -0.3 is 4.74 Å². The SMILES string of the molecule is CCOC(=O)c1cnc2n(c1=O)C(C)CC/C2=N/NC(=O)c1ccccc1. The average molecular weight is 368 g/mol. The number of aromatic nitrogens is 2. The van der Waals surface area contributed by atoms with Gasteiger partial charge in [0.2, 0.25) is 0 Å². The van der Waals surface area contributed by atoms with E-state index in [0.717, 1.165) is 0 Å². The number of hydrazone groups is 1. The molecule has 0 spiro atoms. The molecule has 8 nitrogen and oxygen atoms in total. The Morgan fingerprint density at radius 1 is 1.33 bits per heavy atom. The van der Waals surface area contributed by atoms with Crippen LogP contribution in [0.3, 0.4) is 0 Å². The van der Waals surface area contributed by atoms with Crippen LogP contribution in [-0.4, -0.2) is 33.7 Å². The molecular formula is C19H20N4O4. The predicted molar refractivity (Wildman–Crippen MR) is 98.8 cm³/mol. The molecule has 2 aromatic rings. The van der Waals surface area contributed by atoms with E-state index in [0.29, 0.717) is 29.9 Å². The topological polar surface area (TPSA) is 103 Å². The molecule has 8 heteroatoms. The number of hydrogen-bond acceptors (Lipinski definition) is 6. The Bertz CT molecular complexity index is 950. The van der Waals surface area contributed by atoms with E-state index in [1.54, 1.807) is 31.2 Å².